The lowest BCUT2D eigenvalue weighted by Crippen LogP contribution is -2.11. The van der Waals surface area contributed by atoms with Crippen LogP contribution in [0.2, 0.25) is 0 Å². The van der Waals surface area contributed by atoms with Gasteiger partial charge in [0.2, 0.25) is 0 Å². The second-order valence-electron chi connectivity index (χ2n) is 3.18. The standard InChI is InChI=1S/C9H13NS/c1-7-5-9(11-6-7)8-3-2-4-10-8/h5-6,8,10H,2-4H2,1H3. The molecule has 1 atom stereocenters. The van der Waals surface area contributed by atoms with Crippen LogP contribution >= 0.6 is 11.3 Å². The summed E-state index contributed by atoms with van der Waals surface area (Å²) in [5, 5.41) is 5.73. The maximum absolute atomic E-state index is 3.50. The molecule has 0 amide bonds. The SMILES string of the molecule is Cc1csc(C2CCCN2)c1. The van der Waals surface area contributed by atoms with Gasteiger partial charge in [-0.3, -0.25) is 0 Å². The molecule has 1 nitrogen and oxygen atoms in total. The fraction of sp³-hybridized carbons (Fsp3) is 0.556. The van der Waals surface area contributed by atoms with Crippen molar-refractivity contribution in [3.8, 4) is 0 Å². The minimum absolute atomic E-state index is 0.661. The van der Waals surface area contributed by atoms with Crippen molar-refractivity contribution in [2.45, 2.75) is 25.8 Å². The number of hydrogen-bond acceptors (Lipinski definition) is 2. The van der Waals surface area contributed by atoms with Gasteiger partial charge in [0, 0.05) is 10.9 Å². The van der Waals surface area contributed by atoms with Crippen LogP contribution in [0.15, 0.2) is 11.4 Å². The van der Waals surface area contributed by atoms with Gasteiger partial charge in [0.05, 0.1) is 0 Å². The van der Waals surface area contributed by atoms with Crippen molar-refractivity contribution in [3.63, 3.8) is 0 Å². The summed E-state index contributed by atoms with van der Waals surface area (Å²) in [6.07, 6.45) is 2.65. The maximum Gasteiger partial charge on any atom is 0.0415 e. The lowest BCUT2D eigenvalue weighted by Gasteiger charge is -2.05. The van der Waals surface area contributed by atoms with E-state index < -0.39 is 0 Å². The number of nitrogens with one attached hydrogen (secondary N) is 1. The molecule has 0 bridgehead atoms. The molecule has 1 aliphatic heterocycles. The van der Waals surface area contributed by atoms with Gasteiger partial charge in [-0.1, -0.05) is 0 Å². The fourth-order valence-corrected chi connectivity index (χ4v) is 2.57. The van der Waals surface area contributed by atoms with Crippen molar-refractivity contribution in [1.29, 1.82) is 0 Å². The topological polar surface area (TPSA) is 12.0 Å². The summed E-state index contributed by atoms with van der Waals surface area (Å²) in [6.45, 7) is 3.36. The number of rotatable bonds is 1. The Kier molecular flexibility index (Phi) is 1.96. The van der Waals surface area contributed by atoms with Gasteiger partial charge in [-0.2, -0.15) is 0 Å². The lowest BCUT2D eigenvalue weighted by atomic mass is 10.2. The molecule has 0 spiro atoms. The first-order valence-corrected chi connectivity index (χ1v) is 5.02. The summed E-state index contributed by atoms with van der Waals surface area (Å²) in [4.78, 5) is 1.51. The van der Waals surface area contributed by atoms with Crippen molar-refractivity contribution < 1.29 is 0 Å². The van der Waals surface area contributed by atoms with Crippen molar-refractivity contribution in [2.75, 3.05) is 6.54 Å². The van der Waals surface area contributed by atoms with Gasteiger partial charge in [-0.15, -0.1) is 11.3 Å². The van der Waals surface area contributed by atoms with Crippen LogP contribution in [0.3, 0.4) is 0 Å². The van der Waals surface area contributed by atoms with E-state index in [-0.39, 0.29) is 0 Å². The van der Waals surface area contributed by atoms with Crippen LogP contribution < -0.4 is 5.32 Å². The first-order valence-electron chi connectivity index (χ1n) is 4.15. The second kappa shape index (κ2) is 2.95. The summed E-state index contributed by atoms with van der Waals surface area (Å²) in [5.41, 5.74) is 1.40. The zero-order valence-corrected chi connectivity index (χ0v) is 7.58. The molecule has 2 rings (SSSR count). The molecule has 2 heterocycles. The Balaban J connectivity index is 2.15. The van der Waals surface area contributed by atoms with Crippen LogP contribution in [0, 0.1) is 6.92 Å². The molecule has 1 unspecified atom stereocenters. The molecule has 1 fully saturated rings. The van der Waals surface area contributed by atoms with Crippen molar-refractivity contribution in [1.82, 2.24) is 5.32 Å². The zero-order valence-electron chi connectivity index (χ0n) is 6.76. The quantitative estimate of drug-likeness (QED) is 0.677. The molecule has 1 aromatic heterocycles. The van der Waals surface area contributed by atoms with Gasteiger partial charge >= 0.3 is 0 Å². The Morgan fingerprint density at radius 1 is 1.64 bits per heavy atom. The van der Waals surface area contributed by atoms with Gasteiger partial charge < -0.3 is 5.32 Å². The van der Waals surface area contributed by atoms with E-state index in [2.05, 4.69) is 23.7 Å². The highest BCUT2D eigenvalue weighted by molar-refractivity contribution is 7.10. The minimum atomic E-state index is 0.661. The normalized spacial score (nSPS) is 24.3. The summed E-state index contributed by atoms with van der Waals surface area (Å²) in [7, 11) is 0. The summed E-state index contributed by atoms with van der Waals surface area (Å²) < 4.78 is 0. The van der Waals surface area contributed by atoms with Gasteiger partial charge in [0.1, 0.15) is 0 Å². The molecule has 2 heteroatoms. The molecule has 1 N–H and O–H groups in total. The third-order valence-corrected chi connectivity index (χ3v) is 3.32. The third-order valence-electron chi connectivity index (χ3n) is 2.15. The van der Waals surface area contributed by atoms with Crippen LogP contribution in [-0.4, -0.2) is 6.54 Å². The first kappa shape index (κ1) is 7.32. The number of hydrogen-bond donors (Lipinski definition) is 1. The Hall–Kier alpha value is -0.340. The molecular weight excluding hydrogens is 154 g/mol. The van der Waals surface area contributed by atoms with Crippen LogP contribution in [0.1, 0.15) is 29.3 Å². The molecule has 11 heavy (non-hydrogen) atoms. The van der Waals surface area contributed by atoms with E-state index in [1.54, 1.807) is 0 Å². The number of thiophene rings is 1. The first-order chi connectivity index (χ1) is 5.36. The van der Waals surface area contributed by atoms with E-state index in [9.17, 15) is 0 Å². The van der Waals surface area contributed by atoms with Gasteiger partial charge in [0.25, 0.3) is 0 Å². The molecular formula is C9H13NS. The van der Waals surface area contributed by atoms with Crippen LogP contribution in [-0.2, 0) is 0 Å². The Morgan fingerprint density at radius 3 is 3.09 bits per heavy atom. The summed E-state index contributed by atoms with van der Waals surface area (Å²) in [5.74, 6) is 0. The molecule has 1 aliphatic rings. The largest absolute Gasteiger partial charge is 0.309 e. The molecule has 0 saturated carbocycles. The smallest absolute Gasteiger partial charge is 0.0415 e. The predicted molar refractivity (Wildman–Crippen MR) is 49.0 cm³/mol. The van der Waals surface area contributed by atoms with E-state index in [1.807, 2.05) is 11.3 Å². The Labute approximate surface area is 71.4 Å². The molecule has 0 aromatic carbocycles. The second-order valence-corrected chi connectivity index (χ2v) is 4.12. The molecule has 1 saturated heterocycles. The van der Waals surface area contributed by atoms with E-state index in [0.29, 0.717) is 6.04 Å². The van der Waals surface area contributed by atoms with E-state index >= 15 is 0 Å². The fourth-order valence-electron chi connectivity index (χ4n) is 1.56. The van der Waals surface area contributed by atoms with E-state index in [4.69, 9.17) is 0 Å². The Morgan fingerprint density at radius 2 is 2.55 bits per heavy atom. The van der Waals surface area contributed by atoms with Crippen molar-refractivity contribution in [3.05, 3.63) is 21.9 Å². The minimum Gasteiger partial charge on any atom is -0.309 e. The highest BCUT2D eigenvalue weighted by atomic mass is 32.1. The van der Waals surface area contributed by atoms with Gasteiger partial charge in [0.15, 0.2) is 0 Å². The molecule has 0 aliphatic carbocycles. The summed E-state index contributed by atoms with van der Waals surface area (Å²) >= 11 is 1.88. The van der Waals surface area contributed by atoms with Gasteiger partial charge in [-0.05, 0) is 43.3 Å². The van der Waals surface area contributed by atoms with E-state index in [1.165, 1.54) is 29.8 Å². The van der Waals surface area contributed by atoms with Crippen molar-refractivity contribution >= 4 is 11.3 Å². The highest BCUT2D eigenvalue weighted by Gasteiger charge is 2.16. The average Bonchev–Trinajstić information content (AvgIpc) is 2.55. The average molecular weight is 167 g/mol. The Bertz CT molecular complexity index is 235. The predicted octanol–water partition coefficient (Wildman–Crippen LogP) is 2.48. The molecule has 60 valence electrons. The molecule has 1 aromatic rings. The molecule has 0 radical (unpaired) electrons. The van der Waals surface area contributed by atoms with Crippen molar-refractivity contribution in [2.24, 2.45) is 0 Å². The lowest BCUT2D eigenvalue weighted by molar-refractivity contribution is 0.659. The van der Waals surface area contributed by atoms with E-state index in [0.717, 1.165) is 0 Å². The summed E-state index contributed by atoms with van der Waals surface area (Å²) in [6, 6.07) is 2.96. The van der Waals surface area contributed by atoms with Crippen LogP contribution in [0.25, 0.3) is 0 Å². The van der Waals surface area contributed by atoms with Crippen LogP contribution in [0.4, 0.5) is 0 Å². The van der Waals surface area contributed by atoms with Crippen LogP contribution in [0.5, 0.6) is 0 Å². The zero-order chi connectivity index (χ0) is 7.68. The monoisotopic (exact) mass is 167 g/mol. The number of aryl methyl sites for hydroxylation is 1. The third kappa shape index (κ3) is 1.47. The van der Waals surface area contributed by atoms with Gasteiger partial charge in [-0.25, -0.2) is 0 Å². The maximum atomic E-state index is 3.50. The highest BCUT2D eigenvalue weighted by Crippen LogP contribution is 2.27.